The highest BCUT2D eigenvalue weighted by Gasteiger charge is 2.38. The third kappa shape index (κ3) is 4.73. The lowest BCUT2D eigenvalue weighted by Crippen LogP contribution is -2.44. The van der Waals surface area contributed by atoms with Crippen molar-refractivity contribution in [2.75, 3.05) is 19.7 Å². The molecular weight excluding hydrogens is 250 g/mol. The Labute approximate surface area is 121 Å². The maximum absolute atomic E-state index is 6.34. The zero-order valence-corrected chi connectivity index (χ0v) is 14.6. The molecule has 3 heteroatoms. The molecule has 1 N–H and O–H groups in total. The molecule has 1 unspecified atom stereocenters. The van der Waals surface area contributed by atoms with Gasteiger partial charge in [0.25, 0.3) is 0 Å². The maximum atomic E-state index is 6.34. The molecule has 1 aliphatic rings. The van der Waals surface area contributed by atoms with Gasteiger partial charge in [-0.25, -0.2) is 0 Å². The number of hydrogen-bond acceptors (Lipinski definition) is 2. The van der Waals surface area contributed by atoms with Gasteiger partial charge in [0.1, 0.15) is 0 Å². The van der Waals surface area contributed by atoms with Crippen molar-refractivity contribution >= 4 is 8.32 Å². The highest BCUT2D eigenvalue weighted by Crippen LogP contribution is 2.38. The van der Waals surface area contributed by atoms with Crippen LogP contribution in [0.25, 0.3) is 0 Å². The molecule has 0 aromatic heterocycles. The molecule has 0 aromatic rings. The zero-order chi connectivity index (χ0) is 14.6. The van der Waals surface area contributed by atoms with Gasteiger partial charge in [-0.15, -0.1) is 6.58 Å². The minimum Gasteiger partial charge on any atom is -0.417 e. The molecule has 0 aliphatic carbocycles. The first-order valence-corrected chi connectivity index (χ1v) is 10.6. The number of allylic oxidation sites excluding steroid dienone is 1. The summed E-state index contributed by atoms with van der Waals surface area (Å²) in [6, 6.07) is 0. The molecule has 1 saturated heterocycles. The van der Waals surface area contributed by atoms with Crippen LogP contribution in [0.5, 0.6) is 0 Å². The molecule has 1 rings (SSSR count). The Balaban J connectivity index is 2.51. The quantitative estimate of drug-likeness (QED) is 0.578. The molecular formula is C16H33NOSi. The Hall–Kier alpha value is -0.123. The second-order valence-electron chi connectivity index (χ2n) is 7.63. The Kier molecular flexibility index (Phi) is 5.84. The van der Waals surface area contributed by atoms with Gasteiger partial charge in [0.15, 0.2) is 8.32 Å². The van der Waals surface area contributed by atoms with Crippen molar-refractivity contribution in [2.24, 2.45) is 5.41 Å². The lowest BCUT2D eigenvalue weighted by molar-refractivity contribution is 0.147. The summed E-state index contributed by atoms with van der Waals surface area (Å²) < 4.78 is 6.34. The normalized spacial score (nSPS) is 25.3. The summed E-state index contributed by atoms with van der Waals surface area (Å²) in [4.78, 5) is 0. The van der Waals surface area contributed by atoms with Crippen molar-refractivity contribution in [1.29, 1.82) is 0 Å². The van der Waals surface area contributed by atoms with Gasteiger partial charge in [-0.1, -0.05) is 26.8 Å². The SMILES string of the molecule is C=CCC1(CCO[Si](C)(C)C(C)(C)C)CCCNC1. The van der Waals surface area contributed by atoms with Crippen LogP contribution in [0.15, 0.2) is 12.7 Å². The van der Waals surface area contributed by atoms with E-state index in [9.17, 15) is 0 Å². The second-order valence-corrected chi connectivity index (χ2v) is 12.4. The van der Waals surface area contributed by atoms with E-state index in [1.165, 1.54) is 25.8 Å². The van der Waals surface area contributed by atoms with E-state index < -0.39 is 8.32 Å². The van der Waals surface area contributed by atoms with Gasteiger partial charge < -0.3 is 9.74 Å². The van der Waals surface area contributed by atoms with Gasteiger partial charge in [-0.2, -0.15) is 0 Å². The summed E-state index contributed by atoms with van der Waals surface area (Å²) in [7, 11) is -1.59. The first kappa shape index (κ1) is 16.9. The minimum atomic E-state index is -1.59. The summed E-state index contributed by atoms with van der Waals surface area (Å²) in [5.74, 6) is 0. The van der Waals surface area contributed by atoms with Gasteiger partial charge >= 0.3 is 0 Å². The van der Waals surface area contributed by atoms with Gasteiger partial charge in [-0.05, 0) is 55.8 Å². The van der Waals surface area contributed by atoms with Crippen LogP contribution < -0.4 is 5.32 Å². The smallest absolute Gasteiger partial charge is 0.191 e. The minimum absolute atomic E-state index is 0.309. The monoisotopic (exact) mass is 283 g/mol. The van der Waals surface area contributed by atoms with Crippen molar-refractivity contribution in [3.63, 3.8) is 0 Å². The van der Waals surface area contributed by atoms with Crippen molar-refractivity contribution in [3.8, 4) is 0 Å². The average molecular weight is 284 g/mol. The molecule has 0 aromatic carbocycles. The molecule has 1 atom stereocenters. The fourth-order valence-electron chi connectivity index (χ4n) is 2.57. The molecule has 1 aliphatic heterocycles. The molecule has 0 bridgehead atoms. The van der Waals surface area contributed by atoms with E-state index in [-0.39, 0.29) is 0 Å². The third-order valence-corrected chi connectivity index (χ3v) is 9.58. The molecule has 0 amide bonds. The first-order chi connectivity index (χ1) is 8.72. The Bertz CT molecular complexity index is 288. The van der Waals surface area contributed by atoms with Crippen LogP contribution in [-0.4, -0.2) is 28.0 Å². The van der Waals surface area contributed by atoms with E-state index in [2.05, 4.69) is 51.8 Å². The number of nitrogens with one attached hydrogen (secondary N) is 1. The van der Waals surface area contributed by atoms with E-state index in [1.807, 2.05) is 0 Å². The van der Waals surface area contributed by atoms with Gasteiger partial charge in [0.05, 0.1) is 0 Å². The predicted octanol–water partition coefficient (Wildman–Crippen LogP) is 4.34. The van der Waals surface area contributed by atoms with E-state index in [4.69, 9.17) is 4.43 Å². The maximum Gasteiger partial charge on any atom is 0.191 e. The van der Waals surface area contributed by atoms with Gasteiger partial charge in [0, 0.05) is 13.2 Å². The molecule has 112 valence electrons. The van der Waals surface area contributed by atoms with E-state index >= 15 is 0 Å². The number of hydrogen-bond donors (Lipinski definition) is 1. The predicted molar refractivity (Wildman–Crippen MR) is 87.1 cm³/mol. The van der Waals surface area contributed by atoms with Crippen LogP contribution in [0.4, 0.5) is 0 Å². The second kappa shape index (κ2) is 6.55. The Morgan fingerprint density at radius 3 is 2.53 bits per heavy atom. The van der Waals surface area contributed by atoms with Crippen molar-refractivity contribution in [2.45, 2.75) is 64.6 Å². The van der Waals surface area contributed by atoms with Crippen LogP contribution in [0, 0.1) is 5.41 Å². The van der Waals surface area contributed by atoms with Crippen LogP contribution in [-0.2, 0) is 4.43 Å². The topological polar surface area (TPSA) is 21.3 Å². The summed E-state index contributed by atoms with van der Waals surface area (Å²) in [6.45, 7) is 18.7. The van der Waals surface area contributed by atoms with Crippen LogP contribution in [0.2, 0.25) is 18.1 Å². The zero-order valence-electron chi connectivity index (χ0n) is 13.6. The highest BCUT2D eigenvalue weighted by atomic mass is 28.4. The largest absolute Gasteiger partial charge is 0.417 e. The fourth-order valence-corrected chi connectivity index (χ4v) is 3.61. The third-order valence-electron chi connectivity index (χ3n) is 5.04. The Morgan fingerprint density at radius 2 is 2.05 bits per heavy atom. The first-order valence-electron chi connectivity index (χ1n) is 7.68. The summed E-state index contributed by atoms with van der Waals surface area (Å²) in [5, 5.41) is 3.86. The standard InChI is InChI=1S/C16H33NOSi/c1-7-9-16(10-8-12-17-14-16)11-13-18-19(5,6)15(2,3)4/h7,17H,1,8-14H2,2-6H3. The number of piperidine rings is 1. The van der Waals surface area contributed by atoms with Crippen LogP contribution >= 0.6 is 0 Å². The molecule has 0 spiro atoms. The molecule has 1 fully saturated rings. The van der Waals surface area contributed by atoms with Crippen LogP contribution in [0.1, 0.15) is 46.5 Å². The highest BCUT2D eigenvalue weighted by molar-refractivity contribution is 6.74. The lowest BCUT2D eigenvalue weighted by atomic mass is 9.75. The molecule has 2 nitrogen and oxygen atoms in total. The molecule has 1 heterocycles. The summed E-state index contributed by atoms with van der Waals surface area (Å²) in [6.07, 6.45) is 6.96. The van der Waals surface area contributed by atoms with Gasteiger partial charge in [-0.3, -0.25) is 0 Å². The van der Waals surface area contributed by atoms with E-state index in [1.54, 1.807) is 0 Å². The summed E-state index contributed by atoms with van der Waals surface area (Å²) >= 11 is 0. The average Bonchev–Trinajstić information content (AvgIpc) is 2.28. The van der Waals surface area contributed by atoms with Crippen molar-refractivity contribution < 1.29 is 4.43 Å². The Morgan fingerprint density at radius 1 is 1.37 bits per heavy atom. The van der Waals surface area contributed by atoms with Crippen molar-refractivity contribution in [1.82, 2.24) is 5.32 Å². The van der Waals surface area contributed by atoms with E-state index in [0.29, 0.717) is 10.5 Å². The molecule has 19 heavy (non-hydrogen) atoms. The lowest BCUT2D eigenvalue weighted by Gasteiger charge is -2.40. The fraction of sp³-hybridized carbons (Fsp3) is 0.875. The van der Waals surface area contributed by atoms with E-state index in [0.717, 1.165) is 19.6 Å². The summed E-state index contributed by atoms with van der Waals surface area (Å²) in [5.41, 5.74) is 0.391. The van der Waals surface area contributed by atoms with Crippen molar-refractivity contribution in [3.05, 3.63) is 12.7 Å². The van der Waals surface area contributed by atoms with Crippen LogP contribution in [0.3, 0.4) is 0 Å². The number of rotatable bonds is 6. The van der Waals surface area contributed by atoms with Gasteiger partial charge in [0.2, 0.25) is 0 Å². The molecule has 0 radical (unpaired) electrons. The molecule has 0 saturated carbocycles.